The van der Waals surface area contributed by atoms with Crippen molar-refractivity contribution in [2.45, 2.75) is 10.9 Å². The van der Waals surface area contributed by atoms with Gasteiger partial charge >= 0.3 is 0 Å². The molecule has 27 heavy (non-hydrogen) atoms. The van der Waals surface area contributed by atoms with Gasteiger partial charge in [0.2, 0.25) is 6.41 Å². The molecule has 2 aromatic carbocycles. The Bertz CT molecular complexity index is 1080. The number of piperazine rings is 1. The fourth-order valence-electron chi connectivity index (χ4n) is 3.68. The minimum Gasteiger partial charge on any atom is -0.336 e. The SMILES string of the molecule is CN1CCN(C=O)C(c2cn(S(=O)(=O)c3ccccc3)c3ccccc23)C1. The first-order chi connectivity index (χ1) is 13.0. The second-order valence-electron chi connectivity index (χ2n) is 6.84. The zero-order valence-corrected chi connectivity index (χ0v) is 15.8. The number of hydrogen-bond donors (Lipinski definition) is 0. The van der Waals surface area contributed by atoms with Crippen molar-refractivity contribution >= 4 is 27.3 Å². The van der Waals surface area contributed by atoms with Crippen LogP contribution in [0.25, 0.3) is 10.9 Å². The van der Waals surface area contributed by atoms with Gasteiger partial charge in [-0.15, -0.1) is 0 Å². The summed E-state index contributed by atoms with van der Waals surface area (Å²) in [6.07, 6.45) is 2.53. The summed E-state index contributed by atoms with van der Waals surface area (Å²) in [5.74, 6) is 0. The Labute approximate surface area is 158 Å². The van der Waals surface area contributed by atoms with Gasteiger partial charge in [0.05, 0.1) is 16.5 Å². The largest absolute Gasteiger partial charge is 0.336 e. The molecule has 1 atom stereocenters. The zero-order valence-electron chi connectivity index (χ0n) is 15.0. The minimum atomic E-state index is -3.72. The molecule has 1 aliphatic rings. The molecule has 0 aliphatic carbocycles. The van der Waals surface area contributed by atoms with E-state index in [4.69, 9.17) is 0 Å². The predicted molar refractivity (Wildman–Crippen MR) is 104 cm³/mol. The van der Waals surface area contributed by atoms with Crippen LogP contribution in [0.3, 0.4) is 0 Å². The summed E-state index contributed by atoms with van der Waals surface area (Å²) in [5.41, 5.74) is 1.47. The van der Waals surface area contributed by atoms with Gasteiger partial charge in [0.15, 0.2) is 0 Å². The number of nitrogens with zero attached hydrogens (tertiary/aromatic N) is 3. The number of carbonyl (C=O) groups excluding carboxylic acids is 1. The van der Waals surface area contributed by atoms with Gasteiger partial charge in [-0.3, -0.25) is 4.79 Å². The molecule has 1 aliphatic heterocycles. The van der Waals surface area contributed by atoms with Crippen LogP contribution in [0.4, 0.5) is 0 Å². The van der Waals surface area contributed by atoms with E-state index in [1.807, 2.05) is 25.2 Å². The van der Waals surface area contributed by atoms with E-state index in [1.165, 1.54) is 3.97 Å². The highest BCUT2D eigenvalue weighted by atomic mass is 32.2. The van der Waals surface area contributed by atoms with Gasteiger partial charge in [-0.05, 0) is 25.2 Å². The molecule has 140 valence electrons. The van der Waals surface area contributed by atoms with Crippen molar-refractivity contribution in [3.8, 4) is 0 Å². The number of benzene rings is 2. The van der Waals surface area contributed by atoms with Gasteiger partial charge in [-0.25, -0.2) is 12.4 Å². The summed E-state index contributed by atoms with van der Waals surface area (Å²) in [6, 6.07) is 15.7. The van der Waals surface area contributed by atoms with Crippen LogP contribution in [0.2, 0.25) is 0 Å². The van der Waals surface area contributed by atoms with Gasteiger partial charge in [0.25, 0.3) is 10.0 Å². The smallest absolute Gasteiger partial charge is 0.268 e. The normalized spacial score (nSPS) is 18.7. The molecule has 6 nitrogen and oxygen atoms in total. The molecule has 0 spiro atoms. The second-order valence-corrected chi connectivity index (χ2v) is 8.65. The molecule has 0 radical (unpaired) electrons. The maximum absolute atomic E-state index is 13.2. The van der Waals surface area contributed by atoms with Crippen LogP contribution in [0.15, 0.2) is 65.7 Å². The van der Waals surface area contributed by atoms with Crippen molar-refractivity contribution in [2.75, 3.05) is 26.7 Å². The Morgan fingerprint density at radius 3 is 2.44 bits per heavy atom. The molecular weight excluding hydrogens is 362 g/mol. The van der Waals surface area contributed by atoms with Crippen molar-refractivity contribution in [3.63, 3.8) is 0 Å². The van der Waals surface area contributed by atoms with Crippen molar-refractivity contribution in [2.24, 2.45) is 0 Å². The third kappa shape index (κ3) is 3.02. The second kappa shape index (κ2) is 6.83. The van der Waals surface area contributed by atoms with Gasteiger partial charge in [0, 0.05) is 36.8 Å². The van der Waals surface area contributed by atoms with Crippen molar-refractivity contribution in [3.05, 3.63) is 66.4 Å². The maximum Gasteiger partial charge on any atom is 0.268 e. The number of amides is 1. The highest BCUT2D eigenvalue weighted by molar-refractivity contribution is 7.90. The summed E-state index contributed by atoms with van der Waals surface area (Å²) in [7, 11) is -1.72. The summed E-state index contributed by atoms with van der Waals surface area (Å²) in [6.45, 7) is 2.09. The highest BCUT2D eigenvalue weighted by Crippen LogP contribution is 2.33. The number of fused-ring (bicyclic) bond motifs is 1. The molecule has 0 N–H and O–H groups in total. The van der Waals surface area contributed by atoms with Gasteiger partial charge in [0.1, 0.15) is 0 Å². The summed E-state index contributed by atoms with van der Waals surface area (Å²) in [5, 5.41) is 0.851. The van der Waals surface area contributed by atoms with Crippen LogP contribution in [0, 0.1) is 0 Å². The van der Waals surface area contributed by atoms with E-state index in [9.17, 15) is 13.2 Å². The van der Waals surface area contributed by atoms with E-state index < -0.39 is 10.0 Å². The first-order valence-electron chi connectivity index (χ1n) is 8.82. The summed E-state index contributed by atoms with van der Waals surface area (Å²) in [4.78, 5) is 15.7. The Morgan fingerprint density at radius 2 is 1.70 bits per heavy atom. The molecular formula is C20H21N3O3S. The monoisotopic (exact) mass is 383 g/mol. The lowest BCUT2D eigenvalue weighted by Gasteiger charge is -2.37. The fraction of sp³-hybridized carbons (Fsp3) is 0.250. The van der Waals surface area contributed by atoms with Gasteiger partial charge in [-0.2, -0.15) is 0 Å². The Kier molecular flexibility index (Phi) is 4.49. The van der Waals surface area contributed by atoms with Crippen LogP contribution in [-0.4, -0.2) is 55.3 Å². The van der Waals surface area contributed by atoms with Crippen molar-refractivity contribution < 1.29 is 13.2 Å². The van der Waals surface area contributed by atoms with Crippen LogP contribution in [0.5, 0.6) is 0 Å². The molecule has 1 amide bonds. The molecule has 3 aromatic rings. The van der Waals surface area contributed by atoms with E-state index in [2.05, 4.69) is 4.90 Å². The van der Waals surface area contributed by atoms with Gasteiger partial charge in [-0.1, -0.05) is 36.4 Å². The standard InChI is InChI=1S/C20H21N3O3S/c1-21-11-12-22(15-24)20(14-21)18-13-23(19-10-6-5-9-17(18)19)27(25,26)16-7-3-2-4-8-16/h2-10,13,15,20H,11-12,14H2,1H3. The van der Waals surface area contributed by atoms with Crippen LogP contribution in [-0.2, 0) is 14.8 Å². The molecule has 7 heteroatoms. The number of rotatable bonds is 4. The lowest BCUT2D eigenvalue weighted by atomic mass is 10.0. The van der Waals surface area contributed by atoms with E-state index >= 15 is 0 Å². The van der Waals surface area contributed by atoms with Crippen LogP contribution in [0.1, 0.15) is 11.6 Å². The lowest BCUT2D eigenvalue weighted by molar-refractivity contribution is -0.122. The third-order valence-electron chi connectivity index (χ3n) is 5.13. The quantitative estimate of drug-likeness (QED) is 0.649. The Hall–Kier alpha value is -2.64. The molecule has 1 unspecified atom stereocenters. The molecule has 2 heterocycles. The number of para-hydroxylation sites is 1. The zero-order chi connectivity index (χ0) is 19.0. The average Bonchev–Trinajstić information content (AvgIpc) is 3.09. The van der Waals surface area contributed by atoms with E-state index in [-0.39, 0.29) is 10.9 Å². The average molecular weight is 383 g/mol. The molecule has 0 saturated carbocycles. The van der Waals surface area contributed by atoms with Crippen molar-refractivity contribution in [1.82, 2.24) is 13.8 Å². The summed E-state index contributed by atoms with van der Waals surface area (Å²) >= 11 is 0. The highest BCUT2D eigenvalue weighted by Gasteiger charge is 2.30. The first kappa shape index (κ1) is 17.8. The minimum absolute atomic E-state index is 0.182. The van der Waals surface area contributed by atoms with E-state index in [0.29, 0.717) is 18.6 Å². The molecule has 0 bridgehead atoms. The third-order valence-corrected chi connectivity index (χ3v) is 6.82. The molecule has 4 rings (SSSR count). The first-order valence-corrected chi connectivity index (χ1v) is 10.3. The maximum atomic E-state index is 13.2. The molecule has 1 saturated heterocycles. The van der Waals surface area contributed by atoms with Crippen molar-refractivity contribution in [1.29, 1.82) is 0 Å². The number of likely N-dealkylation sites (N-methyl/N-ethyl adjacent to an activating group) is 1. The fourth-order valence-corrected chi connectivity index (χ4v) is 5.08. The number of hydrogen-bond acceptors (Lipinski definition) is 4. The summed E-state index contributed by atoms with van der Waals surface area (Å²) < 4.78 is 27.8. The topological polar surface area (TPSA) is 62.6 Å². The lowest BCUT2D eigenvalue weighted by Crippen LogP contribution is -2.46. The van der Waals surface area contributed by atoms with Crippen LogP contribution < -0.4 is 0 Å². The number of aromatic nitrogens is 1. The Balaban J connectivity index is 1.91. The van der Waals surface area contributed by atoms with E-state index in [0.717, 1.165) is 23.9 Å². The molecule has 1 fully saturated rings. The van der Waals surface area contributed by atoms with E-state index in [1.54, 1.807) is 47.5 Å². The number of carbonyl (C=O) groups is 1. The Morgan fingerprint density at radius 1 is 1.00 bits per heavy atom. The van der Waals surface area contributed by atoms with Gasteiger partial charge < -0.3 is 9.80 Å². The molecule has 1 aromatic heterocycles. The predicted octanol–water partition coefficient (Wildman–Crippen LogP) is 2.32. The van der Waals surface area contributed by atoms with Crippen LogP contribution >= 0.6 is 0 Å².